The Balaban J connectivity index is 1.43. The molecule has 8 heteroatoms. The minimum atomic E-state index is -0.0801. The zero-order valence-electron chi connectivity index (χ0n) is 18.9. The number of amides is 1. The van der Waals surface area contributed by atoms with Gasteiger partial charge in [-0.25, -0.2) is 0 Å². The standard InChI is InChI=1S/C25H26N4O3S/c1-4-29-23(15-17-12-13-21(31-2)22(14-17)32-3)27-28-25(29)33-16-24(30)26-20-11-7-9-18-8-5-6-10-19(18)20/h5-14H,4,15-16H2,1-3H3,(H,26,30). The molecule has 3 aromatic carbocycles. The number of nitrogens with one attached hydrogen (secondary N) is 1. The number of thioether (sulfide) groups is 1. The summed E-state index contributed by atoms with van der Waals surface area (Å²) in [6.07, 6.45) is 0.601. The topological polar surface area (TPSA) is 78.3 Å². The van der Waals surface area contributed by atoms with Gasteiger partial charge in [0.2, 0.25) is 5.91 Å². The van der Waals surface area contributed by atoms with Crippen LogP contribution in [0, 0.1) is 0 Å². The number of hydrogen-bond acceptors (Lipinski definition) is 6. The van der Waals surface area contributed by atoms with Gasteiger partial charge in [0.05, 0.1) is 20.0 Å². The van der Waals surface area contributed by atoms with E-state index in [2.05, 4.69) is 15.5 Å². The van der Waals surface area contributed by atoms with Gasteiger partial charge in [-0.2, -0.15) is 0 Å². The van der Waals surface area contributed by atoms with Crippen molar-refractivity contribution in [2.75, 3.05) is 25.3 Å². The van der Waals surface area contributed by atoms with Crippen LogP contribution < -0.4 is 14.8 Å². The number of methoxy groups -OCH3 is 2. The van der Waals surface area contributed by atoms with E-state index in [1.807, 2.05) is 72.2 Å². The Morgan fingerprint density at radius 1 is 1.00 bits per heavy atom. The zero-order chi connectivity index (χ0) is 23.2. The Labute approximate surface area is 197 Å². The SMILES string of the molecule is CCn1c(Cc2ccc(OC)c(OC)c2)nnc1SCC(=O)Nc1cccc2ccccc12. The van der Waals surface area contributed by atoms with E-state index >= 15 is 0 Å². The van der Waals surface area contributed by atoms with Crippen LogP contribution in [0.1, 0.15) is 18.3 Å². The average Bonchev–Trinajstić information content (AvgIpc) is 3.24. The number of rotatable bonds is 9. The average molecular weight is 463 g/mol. The van der Waals surface area contributed by atoms with Crippen LogP contribution in [0.4, 0.5) is 5.69 Å². The maximum atomic E-state index is 12.6. The lowest BCUT2D eigenvalue weighted by atomic mass is 10.1. The van der Waals surface area contributed by atoms with Gasteiger partial charge >= 0.3 is 0 Å². The molecule has 4 aromatic rings. The Morgan fingerprint density at radius 2 is 1.79 bits per heavy atom. The highest BCUT2D eigenvalue weighted by Gasteiger charge is 2.15. The van der Waals surface area contributed by atoms with E-state index in [1.165, 1.54) is 11.8 Å². The largest absolute Gasteiger partial charge is 0.493 e. The van der Waals surface area contributed by atoms with Crippen LogP contribution in [0.25, 0.3) is 10.8 Å². The van der Waals surface area contributed by atoms with Crippen molar-refractivity contribution in [3.63, 3.8) is 0 Å². The van der Waals surface area contributed by atoms with Crippen molar-refractivity contribution < 1.29 is 14.3 Å². The van der Waals surface area contributed by atoms with Crippen LogP contribution in [0.15, 0.2) is 65.8 Å². The Kier molecular flexibility index (Phi) is 7.14. The molecule has 0 bridgehead atoms. The molecule has 1 aromatic heterocycles. The van der Waals surface area contributed by atoms with Crippen molar-refractivity contribution in [1.82, 2.24) is 14.8 Å². The summed E-state index contributed by atoms with van der Waals surface area (Å²) in [5, 5.41) is 14.6. The second kappa shape index (κ2) is 10.4. The van der Waals surface area contributed by atoms with Crippen molar-refractivity contribution in [1.29, 1.82) is 0 Å². The molecular weight excluding hydrogens is 436 g/mol. The molecule has 1 N–H and O–H groups in total. The van der Waals surface area contributed by atoms with E-state index in [0.717, 1.165) is 33.0 Å². The maximum Gasteiger partial charge on any atom is 0.234 e. The van der Waals surface area contributed by atoms with Crippen LogP contribution in [-0.2, 0) is 17.8 Å². The predicted octanol–water partition coefficient (Wildman–Crippen LogP) is 4.79. The Morgan fingerprint density at radius 3 is 2.58 bits per heavy atom. The van der Waals surface area contributed by atoms with Gasteiger partial charge < -0.3 is 19.4 Å². The molecule has 0 aliphatic rings. The summed E-state index contributed by atoms with van der Waals surface area (Å²) < 4.78 is 12.7. The van der Waals surface area contributed by atoms with E-state index in [4.69, 9.17) is 9.47 Å². The van der Waals surface area contributed by atoms with Crippen molar-refractivity contribution >= 4 is 34.1 Å². The summed E-state index contributed by atoms with van der Waals surface area (Å²) in [5.74, 6) is 2.37. The molecule has 0 saturated carbocycles. The number of fused-ring (bicyclic) bond motifs is 1. The third-order valence-corrected chi connectivity index (χ3v) is 6.28. The van der Waals surface area contributed by atoms with E-state index in [9.17, 15) is 4.79 Å². The lowest BCUT2D eigenvalue weighted by Crippen LogP contribution is -2.15. The predicted molar refractivity (Wildman–Crippen MR) is 131 cm³/mol. The Bertz CT molecular complexity index is 1270. The van der Waals surface area contributed by atoms with Crippen LogP contribution in [-0.4, -0.2) is 40.6 Å². The first kappa shape index (κ1) is 22.7. The first-order valence-electron chi connectivity index (χ1n) is 10.7. The lowest BCUT2D eigenvalue weighted by molar-refractivity contribution is -0.113. The maximum absolute atomic E-state index is 12.6. The summed E-state index contributed by atoms with van der Waals surface area (Å²) in [5.41, 5.74) is 1.85. The van der Waals surface area contributed by atoms with Crippen LogP contribution in [0.5, 0.6) is 11.5 Å². The second-order valence-corrected chi connectivity index (χ2v) is 8.32. The number of hydrogen-bond donors (Lipinski definition) is 1. The van der Waals surface area contributed by atoms with Crippen molar-refractivity contribution in [3.05, 3.63) is 72.1 Å². The lowest BCUT2D eigenvalue weighted by Gasteiger charge is -2.11. The zero-order valence-corrected chi connectivity index (χ0v) is 19.7. The molecular formula is C25H26N4O3S. The van der Waals surface area contributed by atoms with E-state index in [1.54, 1.807) is 14.2 Å². The van der Waals surface area contributed by atoms with Gasteiger partial charge in [0.1, 0.15) is 5.82 Å². The van der Waals surface area contributed by atoms with Gasteiger partial charge in [-0.05, 0) is 36.1 Å². The molecule has 0 radical (unpaired) electrons. The molecule has 0 fully saturated rings. The number of aromatic nitrogens is 3. The molecule has 0 saturated heterocycles. The number of carbonyl (C=O) groups is 1. The molecule has 0 spiro atoms. The molecule has 7 nitrogen and oxygen atoms in total. The molecule has 4 rings (SSSR count). The van der Waals surface area contributed by atoms with Gasteiger partial charge in [-0.1, -0.05) is 54.2 Å². The van der Waals surface area contributed by atoms with Crippen LogP contribution in [0.2, 0.25) is 0 Å². The highest BCUT2D eigenvalue weighted by Crippen LogP contribution is 2.29. The molecule has 0 aliphatic carbocycles. The molecule has 1 heterocycles. The van der Waals surface area contributed by atoms with Gasteiger partial charge in [-0.15, -0.1) is 10.2 Å². The summed E-state index contributed by atoms with van der Waals surface area (Å²) in [4.78, 5) is 12.6. The normalized spacial score (nSPS) is 10.9. The fourth-order valence-corrected chi connectivity index (χ4v) is 4.52. The molecule has 33 heavy (non-hydrogen) atoms. The van der Waals surface area contributed by atoms with Gasteiger partial charge in [-0.3, -0.25) is 4.79 Å². The van der Waals surface area contributed by atoms with Crippen molar-refractivity contribution in [2.45, 2.75) is 25.0 Å². The summed E-state index contributed by atoms with van der Waals surface area (Å²) in [6, 6.07) is 19.7. The number of nitrogens with zero attached hydrogens (tertiary/aromatic N) is 3. The van der Waals surface area contributed by atoms with E-state index < -0.39 is 0 Å². The monoisotopic (exact) mass is 462 g/mol. The summed E-state index contributed by atoms with van der Waals surface area (Å²) in [7, 11) is 3.24. The highest BCUT2D eigenvalue weighted by molar-refractivity contribution is 7.99. The molecule has 170 valence electrons. The van der Waals surface area contributed by atoms with Gasteiger partial charge in [0, 0.05) is 24.0 Å². The number of anilines is 1. The minimum Gasteiger partial charge on any atom is -0.493 e. The molecule has 0 unspecified atom stereocenters. The number of ether oxygens (including phenoxy) is 2. The van der Waals surface area contributed by atoms with E-state index in [-0.39, 0.29) is 11.7 Å². The van der Waals surface area contributed by atoms with Crippen molar-refractivity contribution in [2.24, 2.45) is 0 Å². The van der Waals surface area contributed by atoms with E-state index in [0.29, 0.717) is 24.5 Å². The van der Waals surface area contributed by atoms with Crippen LogP contribution in [0.3, 0.4) is 0 Å². The molecule has 0 atom stereocenters. The number of carbonyl (C=O) groups excluding carboxylic acids is 1. The quantitative estimate of drug-likeness (QED) is 0.360. The first-order chi connectivity index (χ1) is 16.1. The molecule has 1 amide bonds. The fraction of sp³-hybridized carbons (Fsp3) is 0.240. The van der Waals surface area contributed by atoms with Crippen molar-refractivity contribution in [3.8, 4) is 11.5 Å². The van der Waals surface area contributed by atoms with Gasteiger partial charge in [0.15, 0.2) is 16.7 Å². The summed E-state index contributed by atoms with van der Waals surface area (Å²) >= 11 is 1.38. The van der Waals surface area contributed by atoms with Gasteiger partial charge in [0.25, 0.3) is 0 Å². The number of benzene rings is 3. The molecule has 0 aliphatic heterocycles. The minimum absolute atomic E-state index is 0.0801. The smallest absolute Gasteiger partial charge is 0.234 e. The Hall–Kier alpha value is -3.52. The third kappa shape index (κ3) is 5.12. The van der Waals surface area contributed by atoms with Crippen LogP contribution >= 0.6 is 11.8 Å². The highest BCUT2D eigenvalue weighted by atomic mass is 32.2. The third-order valence-electron chi connectivity index (χ3n) is 5.32. The first-order valence-corrected chi connectivity index (χ1v) is 11.6. The fourth-order valence-electron chi connectivity index (χ4n) is 3.70. The second-order valence-electron chi connectivity index (χ2n) is 7.37. The summed E-state index contributed by atoms with van der Waals surface area (Å²) in [6.45, 7) is 2.75.